The summed E-state index contributed by atoms with van der Waals surface area (Å²) in [5.41, 5.74) is 0. The molecule has 0 aromatic carbocycles. The molecular formula is C11H19NO. The molecule has 0 saturated heterocycles. The smallest absolute Gasteiger partial charge is 0.246 e. The molecule has 1 saturated carbocycles. The Bertz CT molecular complexity index is 183. The van der Waals surface area contributed by atoms with Gasteiger partial charge in [0.1, 0.15) is 0 Å². The molecule has 0 radical (unpaired) electrons. The van der Waals surface area contributed by atoms with Gasteiger partial charge in [-0.25, -0.2) is 0 Å². The van der Waals surface area contributed by atoms with Crippen LogP contribution in [0.3, 0.4) is 0 Å². The van der Waals surface area contributed by atoms with Crippen molar-refractivity contribution in [1.29, 1.82) is 0 Å². The normalized spacial score (nSPS) is 17.3. The van der Waals surface area contributed by atoms with Gasteiger partial charge in [0.25, 0.3) is 0 Å². The standard InChI is InChI=1S/C11H19NO/c1-3-9-12(11(13)4-2)10-7-5-6-8-10/h4,10H,2-3,5-9H2,1H3. The molecule has 2 nitrogen and oxygen atoms in total. The molecule has 1 rings (SSSR count). The number of rotatable bonds is 4. The third kappa shape index (κ3) is 2.58. The van der Waals surface area contributed by atoms with Crippen LogP contribution in [0, 0.1) is 0 Å². The summed E-state index contributed by atoms with van der Waals surface area (Å²) in [5, 5.41) is 0. The topological polar surface area (TPSA) is 20.3 Å². The highest BCUT2D eigenvalue weighted by Crippen LogP contribution is 2.23. The molecule has 13 heavy (non-hydrogen) atoms. The van der Waals surface area contributed by atoms with E-state index in [0.29, 0.717) is 6.04 Å². The minimum absolute atomic E-state index is 0.105. The monoisotopic (exact) mass is 181 g/mol. The Morgan fingerprint density at radius 1 is 1.54 bits per heavy atom. The van der Waals surface area contributed by atoms with E-state index in [1.54, 1.807) is 0 Å². The van der Waals surface area contributed by atoms with Crippen molar-refractivity contribution in [1.82, 2.24) is 4.90 Å². The van der Waals surface area contributed by atoms with Crippen molar-refractivity contribution < 1.29 is 4.79 Å². The highest BCUT2D eigenvalue weighted by atomic mass is 16.2. The van der Waals surface area contributed by atoms with Gasteiger partial charge in [-0.3, -0.25) is 4.79 Å². The highest BCUT2D eigenvalue weighted by molar-refractivity contribution is 5.87. The van der Waals surface area contributed by atoms with Crippen LogP contribution in [0.4, 0.5) is 0 Å². The molecule has 0 atom stereocenters. The second-order valence-electron chi connectivity index (χ2n) is 3.67. The quantitative estimate of drug-likeness (QED) is 0.610. The zero-order valence-corrected chi connectivity index (χ0v) is 8.46. The second kappa shape index (κ2) is 5.05. The molecule has 74 valence electrons. The summed E-state index contributed by atoms with van der Waals surface area (Å²) in [4.78, 5) is 13.5. The van der Waals surface area contributed by atoms with Crippen LogP contribution in [0.25, 0.3) is 0 Å². The Morgan fingerprint density at radius 2 is 2.15 bits per heavy atom. The summed E-state index contributed by atoms with van der Waals surface area (Å²) >= 11 is 0. The third-order valence-electron chi connectivity index (χ3n) is 2.69. The Kier molecular flexibility index (Phi) is 4.00. The van der Waals surface area contributed by atoms with Crippen LogP contribution in [0.15, 0.2) is 12.7 Å². The van der Waals surface area contributed by atoms with Crippen LogP contribution in [0.5, 0.6) is 0 Å². The summed E-state index contributed by atoms with van der Waals surface area (Å²) in [7, 11) is 0. The lowest BCUT2D eigenvalue weighted by Gasteiger charge is -2.27. The molecule has 0 aromatic rings. The van der Waals surface area contributed by atoms with Crippen molar-refractivity contribution in [3.05, 3.63) is 12.7 Å². The fraction of sp³-hybridized carbons (Fsp3) is 0.727. The van der Waals surface area contributed by atoms with Crippen molar-refractivity contribution in [3.63, 3.8) is 0 Å². The lowest BCUT2D eigenvalue weighted by Crippen LogP contribution is -2.38. The molecule has 1 fully saturated rings. The summed E-state index contributed by atoms with van der Waals surface area (Å²) < 4.78 is 0. The predicted octanol–water partition coefficient (Wildman–Crippen LogP) is 2.35. The second-order valence-corrected chi connectivity index (χ2v) is 3.67. The van der Waals surface area contributed by atoms with E-state index in [-0.39, 0.29) is 5.91 Å². The van der Waals surface area contributed by atoms with Crippen LogP contribution in [0.1, 0.15) is 39.0 Å². The average molecular weight is 181 g/mol. The van der Waals surface area contributed by atoms with Gasteiger partial charge in [-0.1, -0.05) is 26.3 Å². The Morgan fingerprint density at radius 3 is 2.62 bits per heavy atom. The van der Waals surface area contributed by atoms with Crippen LogP contribution >= 0.6 is 0 Å². The summed E-state index contributed by atoms with van der Waals surface area (Å²) in [5.74, 6) is 0.105. The number of hydrogen-bond donors (Lipinski definition) is 0. The Labute approximate surface area is 80.6 Å². The molecule has 0 bridgehead atoms. The molecule has 1 amide bonds. The van der Waals surface area contributed by atoms with Gasteiger partial charge in [-0.05, 0) is 25.3 Å². The fourth-order valence-corrected chi connectivity index (χ4v) is 2.05. The Hall–Kier alpha value is -0.790. The molecule has 0 unspecified atom stereocenters. The van der Waals surface area contributed by atoms with E-state index in [2.05, 4.69) is 13.5 Å². The number of nitrogens with zero attached hydrogens (tertiary/aromatic N) is 1. The van der Waals surface area contributed by atoms with Crippen molar-refractivity contribution in [2.45, 2.75) is 45.1 Å². The van der Waals surface area contributed by atoms with E-state index in [1.807, 2.05) is 4.90 Å². The van der Waals surface area contributed by atoms with Crippen LogP contribution in [0.2, 0.25) is 0 Å². The molecule has 2 heteroatoms. The zero-order valence-electron chi connectivity index (χ0n) is 8.46. The van der Waals surface area contributed by atoms with Crippen LogP contribution in [-0.2, 0) is 4.79 Å². The average Bonchev–Trinajstić information content (AvgIpc) is 2.65. The summed E-state index contributed by atoms with van der Waals surface area (Å²) in [6.07, 6.45) is 7.38. The minimum Gasteiger partial charge on any atom is -0.336 e. The lowest BCUT2D eigenvalue weighted by atomic mass is 10.2. The predicted molar refractivity (Wildman–Crippen MR) is 54.5 cm³/mol. The number of carbonyl (C=O) groups is 1. The third-order valence-corrected chi connectivity index (χ3v) is 2.69. The van der Waals surface area contributed by atoms with Gasteiger partial charge in [0.05, 0.1) is 0 Å². The molecule has 0 heterocycles. The van der Waals surface area contributed by atoms with E-state index >= 15 is 0 Å². The largest absolute Gasteiger partial charge is 0.336 e. The summed E-state index contributed by atoms with van der Waals surface area (Å²) in [6.45, 7) is 6.54. The zero-order chi connectivity index (χ0) is 9.68. The Balaban J connectivity index is 2.54. The molecule has 0 aromatic heterocycles. The first-order valence-electron chi connectivity index (χ1n) is 5.22. The molecule has 0 aliphatic heterocycles. The van der Waals surface area contributed by atoms with Crippen LogP contribution in [-0.4, -0.2) is 23.4 Å². The maximum Gasteiger partial charge on any atom is 0.246 e. The molecular weight excluding hydrogens is 162 g/mol. The highest BCUT2D eigenvalue weighted by Gasteiger charge is 2.23. The first-order chi connectivity index (χ1) is 6.29. The van der Waals surface area contributed by atoms with Crippen molar-refractivity contribution >= 4 is 5.91 Å². The van der Waals surface area contributed by atoms with Crippen molar-refractivity contribution in [2.75, 3.05) is 6.54 Å². The van der Waals surface area contributed by atoms with Gasteiger partial charge < -0.3 is 4.90 Å². The van der Waals surface area contributed by atoms with Gasteiger partial charge in [-0.15, -0.1) is 0 Å². The van der Waals surface area contributed by atoms with Crippen molar-refractivity contribution in [2.24, 2.45) is 0 Å². The van der Waals surface area contributed by atoms with E-state index in [0.717, 1.165) is 13.0 Å². The molecule has 0 spiro atoms. The van der Waals surface area contributed by atoms with Gasteiger partial charge in [0, 0.05) is 12.6 Å². The van der Waals surface area contributed by atoms with E-state index in [9.17, 15) is 4.79 Å². The maximum atomic E-state index is 11.5. The van der Waals surface area contributed by atoms with Gasteiger partial charge in [0.2, 0.25) is 5.91 Å². The SMILES string of the molecule is C=CC(=O)N(CCC)C1CCCC1. The molecule has 0 N–H and O–H groups in total. The van der Waals surface area contributed by atoms with Crippen molar-refractivity contribution in [3.8, 4) is 0 Å². The molecule has 1 aliphatic carbocycles. The maximum absolute atomic E-state index is 11.5. The first-order valence-corrected chi connectivity index (χ1v) is 5.22. The summed E-state index contributed by atoms with van der Waals surface area (Å²) in [6, 6.07) is 0.491. The lowest BCUT2D eigenvalue weighted by molar-refractivity contribution is -0.128. The van der Waals surface area contributed by atoms with E-state index in [1.165, 1.54) is 31.8 Å². The van der Waals surface area contributed by atoms with Gasteiger partial charge in [0.15, 0.2) is 0 Å². The van der Waals surface area contributed by atoms with E-state index in [4.69, 9.17) is 0 Å². The number of amides is 1. The van der Waals surface area contributed by atoms with Gasteiger partial charge >= 0.3 is 0 Å². The minimum atomic E-state index is 0.105. The first kappa shape index (κ1) is 10.3. The molecule has 1 aliphatic rings. The van der Waals surface area contributed by atoms with Crippen LogP contribution < -0.4 is 0 Å². The number of carbonyl (C=O) groups excluding carboxylic acids is 1. The van der Waals surface area contributed by atoms with Gasteiger partial charge in [-0.2, -0.15) is 0 Å². The fourth-order valence-electron chi connectivity index (χ4n) is 2.05. The van der Waals surface area contributed by atoms with E-state index < -0.39 is 0 Å². The number of hydrogen-bond acceptors (Lipinski definition) is 1.